The number of rotatable bonds is 9. The Morgan fingerprint density at radius 3 is 2.55 bits per heavy atom. The second-order valence-electron chi connectivity index (χ2n) is 4.91. The van der Waals surface area contributed by atoms with E-state index in [-0.39, 0.29) is 12.4 Å². The average molecular weight is 280 g/mol. The number of carbonyl (C=O) groups is 1. The first-order valence-corrected chi connectivity index (χ1v) is 7.29. The lowest BCUT2D eigenvalue weighted by molar-refractivity contribution is 0.0497. The van der Waals surface area contributed by atoms with E-state index in [1.807, 2.05) is 0 Å². The van der Waals surface area contributed by atoms with Gasteiger partial charge < -0.3 is 14.9 Å². The number of esters is 1. The number of benzene rings is 1. The van der Waals surface area contributed by atoms with Crippen LogP contribution >= 0.6 is 0 Å². The number of aromatic hydroxyl groups is 1. The summed E-state index contributed by atoms with van der Waals surface area (Å²) in [6.45, 7) is 2.30. The minimum absolute atomic E-state index is 0.0139. The monoisotopic (exact) mass is 280 g/mol. The highest BCUT2D eigenvalue weighted by Gasteiger charge is 2.10. The second kappa shape index (κ2) is 9.37. The molecule has 0 spiro atoms. The Morgan fingerprint density at radius 1 is 1.15 bits per heavy atom. The minimum atomic E-state index is -0.409. The molecule has 0 radical (unpaired) electrons. The number of carbonyl (C=O) groups excluding carboxylic acids is 1. The van der Waals surface area contributed by atoms with E-state index in [9.17, 15) is 9.90 Å². The fourth-order valence-corrected chi connectivity index (χ4v) is 1.97. The molecule has 112 valence electrons. The van der Waals surface area contributed by atoms with Gasteiger partial charge in [0.1, 0.15) is 5.75 Å². The molecule has 0 bridgehead atoms. The van der Waals surface area contributed by atoms with Gasteiger partial charge in [-0.3, -0.25) is 0 Å². The lowest BCUT2D eigenvalue weighted by Crippen LogP contribution is -2.07. The second-order valence-corrected chi connectivity index (χ2v) is 4.91. The molecule has 4 nitrogen and oxygen atoms in total. The molecule has 0 amide bonds. The smallest absolute Gasteiger partial charge is 0.338 e. The van der Waals surface area contributed by atoms with E-state index in [1.54, 1.807) is 0 Å². The molecule has 0 aliphatic carbocycles. The molecule has 0 unspecified atom stereocenters. The van der Waals surface area contributed by atoms with Gasteiger partial charge in [0.25, 0.3) is 0 Å². The Labute approximate surface area is 120 Å². The van der Waals surface area contributed by atoms with Gasteiger partial charge in [-0.25, -0.2) is 4.79 Å². The van der Waals surface area contributed by atoms with Crippen LogP contribution in [-0.2, 0) is 11.3 Å². The van der Waals surface area contributed by atoms with Crippen LogP contribution in [0.1, 0.15) is 61.4 Å². The van der Waals surface area contributed by atoms with E-state index in [4.69, 9.17) is 9.84 Å². The van der Waals surface area contributed by atoms with Crippen molar-refractivity contribution in [2.24, 2.45) is 0 Å². The Balaban J connectivity index is 2.29. The average Bonchev–Trinajstić information content (AvgIpc) is 2.46. The molecule has 0 fully saturated rings. The van der Waals surface area contributed by atoms with Crippen LogP contribution in [0.5, 0.6) is 5.75 Å². The van der Waals surface area contributed by atoms with Crippen molar-refractivity contribution in [1.29, 1.82) is 0 Å². The fraction of sp³-hybridized carbons (Fsp3) is 0.562. The van der Waals surface area contributed by atoms with Crippen LogP contribution in [0.2, 0.25) is 0 Å². The highest BCUT2D eigenvalue weighted by molar-refractivity contribution is 5.89. The minimum Gasteiger partial charge on any atom is -0.508 e. The number of hydrogen-bond acceptors (Lipinski definition) is 4. The predicted octanol–water partition coefficient (Wildman–Crippen LogP) is 3.40. The third-order valence-corrected chi connectivity index (χ3v) is 3.22. The molecule has 0 aromatic heterocycles. The first-order valence-electron chi connectivity index (χ1n) is 7.29. The number of unbranched alkanes of at least 4 members (excludes halogenated alkanes) is 5. The molecule has 2 N–H and O–H groups in total. The van der Waals surface area contributed by atoms with Crippen molar-refractivity contribution in [3.05, 3.63) is 29.3 Å². The molecule has 4 heteroatoms. The molecule has 0 aliphatic rings. The van der Waals surface area contributed by atoms with Crippen LogP contribution in [-0.4, -0.2) is 22.8 Å². The Morgan fingerprint density at radius 2 is 1.85 bits per heavy atom. The molecule has 0 saturated carbocycles. The van der Waals surface area contributed by atoms with E-state index in [0.717, 1.165) is 12.8 Å². The molecule has 20 heavy (non-hydrogen) atoms. The van der Waals surface area contributed by atoms with Crippen molar-refractivity contribution in [1.82, 2.24) is 0 Å². The Hall–Kier alpha value is -1.55. The lowest BCUT2D eigenvalue weighted by Gasteiger charge is -2.07. The normalized spacial score (nSPS) is 10.5. The number of aliphatic hydroxyl groups excluding tert-OH is 1. The van der Waals surface area contributed by atoms with Gasteiger partial charge in [0.2, 0.25) is 0 Å². The van der Waals surface area contributed by atoms with Crippen LogP contribution < -0.4 is 0 Å². The zero-order valence-corrected chi connectivity index (χ0v) is 12.1. The number of phenols is 1. The van der Waals surface area contributed by atoms with Crippen molar-refractivity contribution in [2.45, 2.75) is 52.1 Å². The zero-order chi connectivity index (χ0) is 14.8. The van der Waals surface area contributed by atoms with Gasteiger partial charge >= 0.3 is 5.97 Å². The number of aliphatic hydroxyl groups is 1. The van der Waals surface area contributed by atoms with Gasteiger partial charge in [0, 0.05) is 5.56 Å². The van der Waals surface area contributed by atoms with Crippen molar-refractivity contribution >= 4 is 5.97 Å². The van der Waals surface area contributed by atoms with Crippen LogP contribution in [0.3, 0.4) is 0 Å². The van der Waals surface area contributed by atoms with E-state index in [1.165, 1.54) is 43.9 Å². The highest BCUT2D eigenvalue weighted by atomic mass is 16.5. The molecule has 0 saturated heterocycles. The summed E-state index contributed by atoms with van der Waals surface area (Å²) in [4.78, 5) is 11.8. The predicted molar refractivity (Wildman–Crippen MR) is 77.7 cm³/mol. The lowest BCUT2D eigenvalue weighted by atomic mass is 10.1. The molecular weight excluding hydrogens is 256 g/mol. The molecule has 0 heterocycles. The number of hydrogen-bond donors (Lipinski definition) is 2. The summed E-state index contributed by atoms with van der Waals surface area (Å²) >= 11 is 0. The quantitative estimate of drug-likeness (QED) is 0.537. The fourth-order valence-electron chi connectivity index (χ4n) is 1.97. The van der Waals surface area contributed by atoms with Crippen molar-refractivity contribution in [3.63, 3.8) is 0 Å². The van der Waals surface area contributed by atoms with Crippen LogP contribution in [0.25, 0.3) is 0 Å². The van der Waals surface area contributed by atoms with Gasteiger partial charge in [0.05, 0.1) is 18.8 Å². The van der Waals surface area contributed by atoms with E-state index < -0.39 is 5.97 Å². The maximum absolute atomic E-state index is 11.8. The van der Waals surface area contributed by atoms with Gasteiger partial charge in [-0.2, -0.15) is 0 Å². The molecule has 1 aromatic carbocycles. The maximum Gasteiger partial charge on any atom is 0.338 e. The van der Waals surface area contributed by atoms with Gasteiger partial charge in [0.15, 0.2) is 0 Å². The SMILES string of the molecule is CCCCCCCCOC(=O)c1ccc(O)c(CO)c1. The van der Waals surface area contributed by atoms with Gasteiger partial charge in [-0.15, -0.1) is 0 Å². The summed E-state index contributed by atoms with van der Waals surface area (Å²) in [7, 11) is 0. The largest absolute Gasteiger partial charge is 0.508 e. The zero-order valence-electron chi connectivity index (χ0n) is 12.1. The summed E-state index contributed by atoms with van der Waals surface area (Å²) in [5.74, 6) is -0.423. The molecule has 0 atom stereocenters. The molecule has 1 aromatic rings. The molecule has 1 rings (SSSR count). The first kappa shape index (κ1) is 16.5. The maximum atomic E-state index is 11.8. The third kappa shape index (κ3) is 5.61. The van der Waals surface area contributed by atoms with Gasteiger partial charge in [-0.05, 0) is 24.6 Å². The van der Waals surface area contributed by atoms with Crippen molar-refractivity contribution in [2.75, 3.05) is 6.61 Å². The summed E-state index contributed by atoms with van der Waals surface area (Å²) in [5, 5.41) is 18.5. The summed E-state index contributed by atoms with van der Waals surface area (Å²) in [6, 6.07) is 4.35. The summed E-state index contributed by atoms with van der Waals surface area (Å²) < 4.78 is 5.17. The summed E-state index contributed by atoms with van der Waals surface area (Å²) in [5.41, 5.74) is 0.692. The van der Waals surface area contributed by atoms with Crippen LogP contribution in [0.15, 0.2) is 18.2 Å². The standard InChI is InChI=1S/C16H24O4/c1-2-3-4-5-6-7-10-20-16(19)13-8-9-15(18)14(11-13)12-17/h8-9,11,17-18H,2-7,10,12H2,1H3. The van der Waals surface area contributed by atoms with Crippen LogP contribution in [0, 0.1) is 0 Å². The topological polar surface area (TPSA) is 66.8 Å². The van der Waals surface area contributed by atoms with E-state index in [2.05, 4.69) is 6.92 Å². The molecule has 0 aliphatic heterocycles. The van der Waals surface area contributed by atoms with E-state index in [0.29, 0.717) is 17.7 Å². The van der Waals surface area contributed by atoms with Crippen molar-refractivity contribution in [3.8, 4) is 5.75 Å². The molecular formula is C16H24O4. The third-order valence-electron chi connectivity index (χ3n) is 3.22. The van der Waals surface area contributed by atoms with Crippen molar-refractivity contribution < 1.29 is 19.7 Å². The Kier molecular flexibility index (Phi) is 7.73. The van der Waals surface area contributed by atoms with Gasteiger partial charge in [-0.1, -0.05) is 39.0 Å². The van der Waals surface area contributed by atoms with E-state index >= 15 is 0 Å². The Bertz CT molecular complexity index is 415. The first-order chi connectivity index (χ1) is 9.69. The number of ether oxygens (including phenoxy) is 1. The summed E-state index contributed by atoms with van der Waals surface area (Å²) in [6.07, 6.45) is 6.85. The van der Waals surface area contributed by atoms with Crippen LogP contribution in [0.4, 0.5) is 0 Å². The highest BCUT2D eigenvalue weighted by Crippen LogP contribution is 2.19.